The molecule has 5 heteroatoms. The molecule has 0 aliphatic rings. The Morgan fingerprint density at radius 2 is 1.83 bits per heavy atom. The lowest BCUT2D eigenvalue weighted by Crippen LogP contribution is -2.16. The Kier molecular flexibility index (Phi) is 5.30. The molecule has 0 aromatic heterocycles. The molecule has 0 bridgehead atoms. The number of benzene rings is 1. The number of hydrogen-bond acceptors (Lipinski definition) is 4. The van der Waals surface area contributed by atoms with E-state index in [0.29, 0.717) is 12.4 Å². The molecule has 0 radical (unpaired) electrons. The molecule has 5 nitrogen and oxygen atoms in total. The van der Waals surface area contributed by atoms with Crippen molar-refractivity contribution in [1.82, 2.24) is 5.43 Å². The smallest absolute Gasteiger partial charge is 0.125 e. The van der Waals surface area contributed by atoms with Crippen LogP contribution in [0.25, 0.3) is 0 Å². The summed E-state index contributed by atoms with van der Waals surface area (Å²) in [6, 6.07) is 4.02. The first-order valence-electron chi connectivity index (χ1n) is 5.82. The lowest BCUT2D eigenvalue weighted by atomic mass is 10.1. The number of nitrogens with zero attached hydrogens (tertiary/aromatic N) is 1. The molecule has 1 rings (SSSR count). The highest BCUT2D eigenvalue weighted by atomic mass is 16.5. The summed E-state index contributed by atoms with van der Waals surface area (Å²) in [4.78, 5) is 0. The first kappa shape index (κ1) is 14.2. The van der Waals surface area contributed by atoms with Gasteiger partial charge in [-0.1, -0.05) is 0 Å². The van der Waals surface area contributed by atoms with Gasteiger partial charge in [-0.2, -0.15) is 5.10 Å². The van der Waals surface area contributed by atoms with Gasteiger partial charge in [0, 0.05) is 12.1 Å². The molecule has 0 aliphatic carbocycles. The van der Waals surface area contributed by atoms with E-state index in [-0.39, 0.29) is 0 Å². The number of methoxy groups -OCH3 is 2. The maximum atomic E-state index is 5.43. The molecule has 18 heavy (non-hydrogen) atoms. The van der Waals surface area contributed by atoms with E-state index < -0.39 is 0 Å². The van der Waals surface area contributed by atoms with Crippen molar-refractivity contribution in [3.05, 3.63) is 23.3 Å². The minimum Gasteiger partial charge on any atom is -0.496 e. The predicted octanol–water partition coefficient (Wildman–Crippen LogP) is 1.44. The molecule has 0 atom stereocenters. The molecule has 0 aliphatic heterocycles. The van der Waals surface area contributed by atoms with E-state index in [2.05, 4.69) is 10.5 Å². The number of ether oxygens (including phenoxy) is 2. The van der Waals surface area contributed by atoms with E-state index in [9.17, 15) is 0 Å². The van der Waals surface area contributed by atoms with Gasteiger partial charge in [0.05, 0.1) is 14.2 Å². The molecule has 1 aromatic carbocycles. The fourth-order valence-electron chi connectivity index (χ4n) is 1.67. The summed E-state index contributed by atoms with van der Waals surface area (Å²) in [5.41, 5.74) is 10.5. The Labute approximate surface area is 108 Å². The Balaban J connectivity index is 2.74. The summed E-state index contributed by atoms with van der Waals surface area (Å²) in [5, 5.41) is 3.92. The van der Waals surface area contributed by atoms with Gasteiger partial charge in [-0.25, -0.2) is 0 Å². The van der Waals surface area contributed by atoms with Crippen LogP contribution in [0.3, 0.4) is 0 Å². The number of rotatable bonds is 6. The minimum atomic E-state index is 0.522. The van der Waals surface area contributed by atoms with Crippen LogP contribution < -0.4 is 20.6 Å². The third-order valence-corrected chi connectivity index (χ3v) is 2.59. The first-order valence-corrected chi connectivity index (χ1v) is 5.82. The molecule has 0 fully saturated rings. The average molecular weight is 251 g/mol. The van der Waals surface area contributed by atoms with Crippen LogP contribution in [0.1, 0.15) is 18.1 Å². The highest BCUT2D eigenvalue weighted by molar-refractivity contribution is 5.77. The standard InChI is InChI=1S/C13H21N3O2/c1-9-12(17-3)7-11(8-13(9)18-4)5-6-15-16-10(2)14/h7-8,15H,5-6H2,1-4H3,(H2,14,16). The number of hydrogen-bond donors (Lipinski definition) is 2. The molecule has 0 spiro atoms. The van der Waals surface area contributed by atoms with Crippen molar-refractivity contribution in [1.29, 1.82) is 0 Å². The van der Waals surface area contributed by atoms with E-state index >= 15 is 0 Å². The number of hydrazone groups is 1. The third-order valence-electron chi connectivity index (χ3n) is 2.59. The molecule has 0 unspecified atom stereocenters. The van der Waals surface area contributed by atoms with Crippen LogP contribution in [-0.4, -0.2) is 26.6 Å². The quantitative estimate of drug-likeness (QED) is 0.347. The van der Waals surface area contributed by atoms with Crippen LogP contribution in [0.15, 0.2) is 17.2 Å². The van der Waals surface area contributed by atoms with Crippen LogP contribution in [0, 0.1) is 6.92 Å². The summed E-state index contributed by atoms with van der Waals surface area (Å²) in [5.74, 6) is 2.19. The summed E-state index contributed by atoms with van der Waals surface area (Å²) in [6.07, 6.45) is 0.823. The molecule has 3 N–H and O–H groups in total. The SMILES string of the molecule is COc1cc(CCN/N=C(/C)N)cc(OC)c1C. The van der Waals surface area contributed by atoms with Gasteiger partial charge in [0.25, 0.3) is 0 Å². The van der Waals surface area contributed by atoms with Gasteiger partial charge < -0.3 is 20.6 Å². The Morgan fingerprint density at radius 1 is 1.28 bits per heavy atom. The van der Waals surface area contributed by atoms with Gasteiger partial charge >= 0.3 is 0 Å². The molecular formula is C13H21N3O2. The fourth-order valence-corrected chi connectivity index (χ4v) is 1.67. The van der Waals surface area contributed by atoms with Gasteiger partial charge in [0.2, 0.25) is 0 Å². The van der Waals surface area contributed by atoms with Crippen molar-refractivity contribution in [3.8, 4) is 11.5 Å². The second kappa shape index (κ2) is 6.74. The lowest BCUT2D eigenvalue weighted by molar-refractivity contribution is 0.388. The van der Waals surface area contributed by atoms with Gasteiger partial charge in [0.1, 0.15) is 17.3 Å². The summed E-state index contributed by atoms with van der Waals surface area (Å²) in [7, 11) is 3.32. The van der Waals surface area contributed by atoms with Gasteiger partial charge in [-0.3, -0.25) is 0 Å². The van der Waals surface area contributed by atoms with Crippen molar-refractivity contribution < 1.29 is 9.47 Å². The lowest BCUT2D eigenvalue weighted by Gasteiger charge is -2.12. The Bertz CT molecular complexity index is 401. The fraction of sp³-hybridized carbons (Fsp3) is 0.462. The van der Waals surface area contributed by atoms with Crippen LogP contribution >= 0.6 is 0 Å². The van der Waals surface area contributed by atoms with Crippen molar-refractivity contribution >= 4 is 5.84 Å². The van der Waals surface area contributed by atoms with E-state index in [0.717, 1.165) is 29.0 Å². The van der Waals surface area contributed by atoms with Crippen LogP contribution in [0.4, 0.5) is 0 Å². The predicted molar refractivity (Wildman–Crippen MR) is 73.3 cm³/mol. The molecule has 1 aromatic rings. The molecule has 0 saturated heterocycles. The highest BCUT2D eigenvalue weighted by Gasteiger charge is 2.07. The van der Waals surface area contributed by atoms with Crippen molar-refractivity contribution in [3.63, 3.8) is 0 Å². The first-order chi connectivity index (χ1) is 8.58. The van der Waals surface area contributed by atoms with Gasteiger partial charge in [-0.15, -0.1) is 0 Å². The summed E-state index contributed by atoms with van der Waals surface area (Å²) in [6.45, 7) is 4.43. The second-order valence-corrected chi connectivity index (χ2v) is 4.04. The molecule has 0 amide bonds. The highest BCUT2D eigenvalue weighted by Crippen LogP contribution is 2.29. The molecule has 0 heterocycles. The van der Waals surface area contributed by atoms with Gasteiger partial charge in [-0.05, 0) is 38.0 Å². The second-order valence-electron chi connectivity index (χ2n) is 4.04. The van der Waals surface area contributed by atoms with E-state index in [1.54, 1.807) is 21.1 Å². The van der Waals surface area contributed by atoms with Crippen molar-refractivity contribution in [2.24, 2.45) is 10.8 Å². The van der Waals surface area contributed by atoms with Crippen molar-refractivity contribution in [2.45, 2.75) is 20.3 Å². The zero-order valence-electron chi connectivity index (χ0n) is 11.4. The number of nitrogens with one attached hydrogen (secondary N) is 1. The van der Waals surface area contributed by atoms with Crippen LogP contribution in [-0.2, 0) is 6.42 Å². The molecular weight excluding hydrogens is 230 g/mol. The monoisotopic (exact) mass is 251 g/mol. The van der Waals surface area contributed by atoms with Gasteiger partial charge in [0.15, 0.2) is 0 Å². The number of nitrogens with two attached hydrogens (primary N) is 1. The third kappa shape index (κ3) is 3.84. The summed E-state index contributed by atoms with van der Waals surface area (Å²) < 4.78 is 10.6. The molecule has 100 valence electrons. The largest absolute Gasteiger partial charge is 0.496 e. The Hall–Kier alpha value is -1.91. The molecule has 0 saturated carbocycles. The maximum Gasteiger partial charge on any atom is 0.125 e. The zero-order chi connectivity index (χ0) is 13.5. The van der Waals surface area contributed by atoms with Crippen LogP contribution in [0.2, 0.25) is 0 Å². The van der Waals surface area contributed by atoms with Crippen molar-refractivity contribution in [2.75, 3.05) is 20.8 Å². The van der Waals surface area contributed by atoms with E-state index in [1.807, 2.05) is 19.1 Å². The van der Waals surface area contributed by atoms with Crippen LogP contribution in [0.5, 0.6) is 11.5 Å². The minimum absolute atomic E-state index is 0.522. The Morgan fingerprint density at radius 3 is 2.28 bits per heavy atom. The average Bonchev–Trinajstić information content (AvgIpc) is 2.35. The summed E-state index contributed by atoms with van der Waals surface area (Å²) >= 11 is 0. The maximum absolute atomic E-state index is 5.43. The van der Waals surface area contributed by atoms with E-state index in [4.69, 9.17) is 15.2 Å². The van der Waals surface area contributed by atoms with E-state index in [1.165, 1.54) is 0 Å². The number of amidine groups is 1. The normalized spacial score (nSPS) is 11.2. The zero-order valence-corrected chi connectivity index (χ0v) is 11.4. The topological polar surface area (TPSA) is 68.9 Å².